The van der Waals surface area contributed by atoms with Crippen LogP contribution in [0.25, 0.3) is 0 Å². The normalized spacial score (nSPS) is 19.6. The van der Waals surface area contributed by atoms with Gasteiger partial charge in [-0.1, -0.05) is 0 Å². The van der Waals surface area contributed by atoms with Gasteiger partial charge in [-0.25, -0.2) is 14.8 Å². The Morgan fingerprint density at radius 1 is 1.39 bits per heavy atom. The number of carboxylic acids is 1. The summed E-state index contributed by atoms with van der Waals surface area (Å²) in [6.45, 7) is 3.38. The van der Waals surface area contributed by atoms with E-state index < -0.39 is 5.97 Å². The molecule has 18 heavy (non-hydrogen) atoms. The van der Waals surface area contributed by atoms with E-state index in [2.05, 4.69) is 9.97 Å². The second kappa shape index (κ2) is 5.09. The van der Waals surface area contributed by atoms with Crippen LogP contribution in [-0.4, -0.2) is 57.7 Å². The van der Waals surface area contributed by atoms with Crippen LogP contribution in [0, 0.1) is 0 Å². The van der Waals surface area contributed by atoms with Gasteiger partial charge in [0.2, 0.25) is 0 Å². The zero-order chi connectivity index (χ0) is 13.1. The molecule has 0 aliphatic carbocycles. The Kier molecular flexibility index (Phi) is 3.52. The zero-order valence-electron chi connectivity index (χ0n) is 9.87. The molecule has 1 saturated heterocycles. The second-order valence-corrected chi connectivity index (χ2v) is 4.01. The summed E-state index contributed by atoms with van der Waals surface area (Å²) in [4.78, 5) is 31.9. The molecular weight excluding hydrogens is 238 g/mol. The predicted molar refractivity (Wildman–Crippen MR) is 60.3 cm³/mol. The van der Waals surface area contributed by atoms with Crippen molar-refractivity contribution >= 4 is 11.9 Å². The van der Waals surface area contributed by atoms with Crippen LogP contribution in [0.1, 0.15) is 27.9 Å². The number of carbonyl (C=O) groups excluding carboxylic acids is 1. The van der Waals surface area contributed by atoms with Crippen molar-refractivity contribution in [3.05, 3.63) is 23.8 Å². The van der Waals surface area contributed by atoms with E-state index in [1.807, 2.05) is 6.92 Å². The Labute approximate surface area is 103 Å². The van der Waals surface area contributed by atoms with Gasteiger partial charge in [-0.2, -0.15) is 0 Å². The summed E-state index contributed by atoms with van der Waals surface area (Å²) in [6, 6.07) is -0.0211. The molecule has 96 valence electrons. The first-order valence-electron chi connectivity index (χ1n) is 5.53. The molecule has 0 spiro atoms. The molecule has 1 aliphatic heterocycles. The van der Waals surface area contributed by atoms with Gasteiger partial charge in [0.05, 0.1) is 31.6 Å². The van der Waals surface area contributed by atoms with Gasteiger partial charge < -0.3 is 14.7 Å². The summed E-state index contributed by atoms with van der Waals surface area (Å²) in [6.07, 6.45) is 2.27. The number of aromatic carboxylic acids is 1. The number of nitrogens with zero attached hydrogens (tertiary/aromatic N) is 3. The van der Waals surface area contributed by atoms with Crippen molar-refractivity contribution in [2.24, 2.45) is 0 Å². The standard InChI is InChI=1S/C11H13N3O4/c1-7-6-18-3-2-14(7)10(15)8-4-13-9(5-12-8)11(16)17/h4-5,7H,2-3,6H2,1H3,(H,16,17). The Morgan fingerprint density at radius 2 is 2.06 bits per heavy atom. The fourth-order valence-electron chi connectivity index (χ4n) is 1.72. The first kappa shape index (κ1) is 12.4. The van der Waals surface area contributed by atoms with Crippen LogP contribution in [0.5, 0.6) is 0 Å². The van der Waals surface area contributed by atoms with Gasteiger partial charge in [-0.05, 0) is 6.92 Å². The molecule has 0 aromatic carbocycles. The molecule has 2 heterocycles. The van der Waals surface area contributed by atoms with E-state index in [1.54, 1.807) is 4.90 Å². The molecular formula is C11H13N3O4. The lowest BCUT2D eigenvalue weighted by Gasteiger charge is -2.32. The van der Waals surface area contributed by atoms with Crippen LogP contribution in [-0.2, 0) is 4.74 Å². The van der Waals surface area contributed by atoms with E-state index in [4.69, 9.17) is 9.84 Å². The van der Waals surface area contributed by atoms with Gasteiger partial charge in [0.25, 0.3) is 5.91 Å². The predicted octanol–water partition coefficient (Wildman–Crippen LogP) is 0.0357. The van der Waals surface area contributed by atoms with E-state index >= 15 is 0 Å². The molecule has 7 nitrogen and oxygen atoms in total. The van der Waals surface area contributed by atoms with E-state index in [0.29, 0.717) is 19.8 Å². The van der Waals surface area contributed by atoms with Gasteiger partial charge >= 0.3 is 5.97 Å². The Hall–Kier alpha value is -2.02. The second-order valence-electron chi connectivity index (χ2n) is 4.01. The van der Waals surface area contributed by atoms with E-state index in [1.165, 1.54) is 6.20 Å². The smallest absolute Gasteiger partial charge is 0.356 e. The highest BCUT2D eigenvalue weighted by atomic mass is 16.5. The molecule has 1 aliphatic rings. The maximum absolute atomic E-state index is 12.1. The summed E-state index contributed by atoms with van der Waals surface area (Å²) < 4.78 is 5.24. The number of ether oxygens (including phenoxy) is 1. The van der Waals surface area contributed by atoms with Crippen molar-refractivity contribution < 1.29 is 19.4 Å². The molecule has 2 rings (SSSR count). The molecule has 1 aromatic rings. The third-order valence-corrected chi connectivity index (χ3v) is 2.72. The van der Waals surface area contributed by atoms with Crippen molar-refractivity contribution in [1.82, 2.24) is 14.9 Å². The summed E-state index contributed by atoms with van der Waals surface area (Å²) in [5.41, 5.74) is -0.0321. The van der Waals surface area contributed by atoms with Gasteiger partial charge in [-0.15, -0.1) is 0 Å². The van der Waals surface area contributed by atoms with Crippen LogP contribution in [0.3, 0.4) is 0 Å². The summed E-state index contributed by atoms with van der Waals surface area (Å²) in [5.74, 6) is -1.42. The van der Waals surface area contributed by atoms with E-state index in [-0.39, 0.29) is 23.3 Å². The van der Waals surface area contributed by atoms with Gasteiger partial charge in [-0.3, -0.25) is 4.79 Å². The minimum Gasteiger partial charge on any atom is -0.476 e. The van der Waals surface area contributed by atoms with E-state index in [0.717, 1.165) is 6.20 Å². The summed E-state index contributed by atoms with van der Waals surface area (Å²) >= 11 is 0. The van der Waals surface area contributed by atoms with Crippen LogP contribution in [0.15, 0.2) is 12.4 Å². The van der Waals surface area contributed by atoms with Crippen LogP contribution in [0.4, 0.5) is 0 Å². The van der Waals surface area contributed by atoms with Gasteiger partial charge in [0.1, 0.15) is 5.69 Å². The maximum atomic E-state index is 12.1. The molecule has 0 radical (unpaired) electrons. The van der Waals surface area contributed by atoms with E-state index in [9.17, 15) is 9.59 Å². The molecule has 1 atom stereocenters. The van der Waals surface area contributed by atoms with Gasteiger partial charge in [0.15, 0.2) is 5.69 Å². The van der Waals surface area contributed by atoms with Crippen molar-refractivity contribution in [3.63, 3.8) is 0 Å². The molecule has 0 bridgehead atoms. The molecule has 7 heteroatoms. The van der Waals surface area contributed by atoms with Gasteiger partial charge in [0, 0.05) is 6.54 Å². The fraction of sp³-hybridized carbons (Fsp3) is 0.455. The number of morpholine rings is 1. The first-order chi connectivity index (χ1) is 8.59. The highest BCUT2D eigenvalue weighted by molar-refractivity contribution is 5.93. The van der Waals surface area contributed by atoms with Crippen LogP contribution < -0.4 is 0 Å². The molecule has 0 saturated carbocycles. The average Bonchev–Trinajstić information content (AvgIpc) is 2.38. The first-order valence-corrected chi connectivity index (χ1v) is 5.53. The number of hydrogen-bond donors (Lipinski definition) is 1. The third kappa shape index (κ3) is 2.45. The lowest BCUT2D eigenvalue weighted by atomic mass is 10.2. The van der Waals surface area contributed by atoms with Crippen molar-refractivity contribution in [1.29, 1.82) is 0 Å². The largest absolute Gasteiger partial charge is 0.476 e. The minimum absolute atomic E-state index is 0.0211. The number of amides is 1. The molecule has 1 unspecified atom stereocenters. The third-order valence-electron chi connectivity index (χ3n) is 2.72. The number of carboxylic acid groups (broad SMARTS) is 1. The topological polar surface area (TPSA) is 92.6 Å². The van der Waals surface area contributed by atoms with Crippen molar-refractivity contribution in [2.75, 3.05) is 19.8 Å². The SMILES string of the molecule is CC1COCCN1C(=O)c1cnc(C(=O)O)cn1. The van der Waals surface area contributed by atoms with Crippen LogP contribution >= 0.6 is 0 Å². The molecule has 1 amide bonds. The quantitative estimate of drug-likeness (QED) is 0.797. The molecule has 1 fully saturated rings. The fourth-order valence-corrected chi connectivity index (χ4v) is 1.72. The highest BCUT2D eigenvalue weighted by Crippen LogP contribution is 2.10. The molecule has 1 aromatic heterocycles. The Bertz CT molecular complexity index is 460. The van der Waals surface area contributed by atoms with Crippen molar-refractivity contribution in [2.45, 2.75) is 13.0 Å². The van der Waals surface area contributed by atoms with Crippen LogP contribution in [0.2, 0.25) is 0 Å². The minimum atomic E-state index is -1.17. The Morgan fingerprint density at radius 3 is 2.61 bits per heavy atom. The summed E-state index contributed by atoms with van der Waals surface area (Å²) in [7, 11) is 0. The lowest BCUT2D eigenvalue weighted by molar-refractivity contribution is 0.00323. The molecule has 1 N–H and O–H groups in total. The summed E-state index contributed by atoms with van der Waals surface area (Å²) in [5, 5.41) is 8.69. The number of rotatable bonds is 2. The number of carbonyl (C=O) groups is 2. The highest BCUT2D eigenvalue weighted by Gasteiger charge is 2.25. The number of hydrogen-bond acceptors (Lipinski definition) is 5. The lowest BCUT2D eigenvalue weighted by Crippen LogP contribution is -2.47. The number of aromatic nitrogens is 2. The average molecular weight is 251 g/mol. The maximum Gasteiger partial charge on any atom is 0.356 e. The Balaban J connectivity index is 2.15. The van der Waals surface area contributed by atoms with Crippen molar-refractivity contribution in [3.8, 4) is 0 Å². The zero-order valence-corrected chi connectivity index (χ0v) is 9.87. The monoisotopic (exact) mass is 251 g/mol.